The van der Waals surface area contributed by atoms with Crippen LogP contribution in [0.1, 0.15) is 11.1 Å². The average molecular weight is 358 g/mol. The van der Waals surface area contributed by atoms with Gasteiger partial charge in [-0.25, -0.2) is 4.79 Å². The minimum Gasteiger partial charge on any atom is -0.497 e. The van der Waals surface area contributed by atoms with Crippen molar-refractivity contribution in [3.63, 3.8) is 0 Å². The number of carbonyl (C=O) groups excluding carboxylic acids is 1. The molecule has 0 saturated carbocycles. The van der Waals surface area contributed by atoms with Gasteiger partial charge in [-0.2, -0.15) is 0 Å². The molecule has 0 bridgehead atoms. The average Bonchev–Trinajstić information content (AvgIpc) is 2.68. The molecule has 26 heavy (non-hydrogen) atoms. The molecule has 0 aliphatic heterocycles. The molecule has 2 rings (SSSR count). The topological polar surface area (TPSA) is 68.8 Å². The summed E-state index contributed by atoms with van der Waals surface area (Å²) in [5.74, 6) is 2.21. The Morgan fingerprint density at radius 1 is 0.769 bits per heavy atom. The van der Waals surface area contributed by atoms with Gasteiger partial charge in [0.25, 0.3) is 0 Å². The van der Waals surface area contributed by atoms with Crippen LogP contribution in [-0.2, 0) is 12.8 Å². The van der Waals surface area contributed by atoms with E-state index in [1.165, 1.54) is 0 Å². The predicted molar refractivity (Wildman–Crippen MR) is 101 cm³/mol. The summed E-state index contributed by atoms with van der Waals surface area (Å²) in [7, 11) is 4.86. The number of carbonyl (C=O) groups is 1. The van der Waals surface area contributed by atoms with Crippen molar-refractivity contribution in [1.82, 2.24) is 10.6 Å². The van der Waals surface area contributed by atoms with E-state index in [1.54, 1.807) is 21.3 Å². The Balaban J connectivity index is 1.68. The molecule has 2 aromatic carbocycles. The smallest absolute Gasteiger partial charge is 0.314 e. The SMILES string of the molecule is COc1ccc(CCNC(=O)NCCc2ccc(OC)c(OC)c2)cc1. The van der Waals surface area contributed by atoms with E-state index in [0.717, 1.165) is 23.3 Å². The molecule has 140 valence electrons. The van der Waals surface area contributed by atoms with Gasteiger partial charge < -0.3 is 24.8 Å². The summed E-state index contributed by atoms with van der Waals surface area (Å²) in [6, 6.07) is 13.4. The first-order valence-corrected chi connectivity index (χ1v) is 8.51. The first-order chi connectivity index (χ1) is 12.7. The lowest BCUT2D eigenvalue weighted by Crippen LogP contribution is -2.37. The molecule has 0 saturated heterocycles. The van der Waals surface area contributed by atoms with Crippen LogP contribution < -0.4 is 24.8 Å². The molecule has 2 N–H and O–H groups in total. The number of amides is 2. The monoisotopic (exact) mass is 358 g/mol. The highest BCUT2D eigenvalue weighted by atomic mass is 16.5. The van der Waals surface area contributed by atoms with Crippen LogP contribution >= 0.6 is 0 Å². The molecule has 0 aliphatic rings. The Labute approximate surface area is 154 Å². The fourth-order valence-corrected chi connectivity index (χ4v) is 2.53. The van der Waals surface area contributed by atoms with Crippen molar-refractivity contribution in [2.24, 2.45) is 0 Å². The van der Waals surface area contributed by atoms with Crippen LogP contribution in [0.15, 0.2) is 42.5 Å². The second-order valence-electron chi connectivity index (χ2n) is 5.72. The maximum Gasteiger partial charge on any atom is 0.314 e. The van der Waals surface area contributed by atoms with Crippen LogP contribution in [0.2, 0.25) is 0 Å². The Kier molecular flexibility index (Phi) is 7.61. The number of hydrogen-bond acceptors (Lipinski definition) is 4. The van der Waals surface area contributed by atoms with E-state index < -0.39 is 0 Å². The molecule has 6 heteroatoms. The van der Waals surface area contributed by atoms with Gasteiger partial charge in [-0.15, -0.1) is 0 Å². The van der Waals surface area contributed by atoms with Crippen LogP contribution in [0.3, 0.4) is 0 Å². The summed E-state index contributed by atoms with van der Waals surface area (Å²) in [6.07, 6.45) is 1.49. The second-order valence-corrected chi connectivity index (χ2v) is 5.72. The van der Waals surface area contributed by atoms with Gasteiger partial charge in [0.2, 0.25) is 0 Å². The van der Waals surface area contributed by atoms with E-state index in [-0.39, 0.29) is 6.03 Å². The molecule has 0 fully saturated rings. The van der Waals surface area contributed by atoms with Crippen molar-refractivity contribution in [1.29, 1.82) is 0 Å². The third kappa shape index (κ3) is 5.88. The van der Waals surface area contributed by atoms with E-state index in [2.05, 4.69) is 10.6 Å². The van der Waals surface area contributed by atoms with Gasteiger partial charge in [0.1, 0.15) is 5.75 Å². The molecule has 2 amide bonds. The lowest BCUT2D eigenvalue weighted by Gasteiger charge is -2.11. The van der Waals surface area contributed by atoms with Crippen molar-refractivity contribution in [3.05, 3.63) is 53.6 Å². The number of urea groups is 1. The normalized spacial score (nSPS) is 10.1. The molecule has 6 nitrogen and oxygen atoms in total. The number of methoxy groups -OCH3 is 3. The molecule has 0 radical (unpaired) electrons. The first kappa shape index (κ1) is 19.4. The lowest BCUT2D eigenvalue weighted by molar-refractivity contribution is 0.241. The third-order valence-corrected chi connectivity index (χ3v) is 4.01. The fourth-order valence-electron chi connectivity index (χ4n) is 2.53. The zero-order valence-electron chi connectivity index (χ0n) is 15.5. The maximum absolute atomic E-state index is 11.9. The number of rotatable bonds is 9. The summed E-state index contributed by atoms with van der Waals surface area (Å²) < 4.78 is 15.6. The molecular weight excluding hydrogens is 332 g/mol. The highest BCUT2D eigenvalue weighted by Crippen LogP contribution is 2.27. The predicted octanol–water partition coefficient (Wildman–Crippen LogP) is 2.80. The Morgan fingerprint density at radius 2 is 1.35 bits per heavy atom. The Bertz CT molecular complexity index is 701. The zero-order chi connectivity index (χ0) is 18.8. The van der Waals surface area contributed by atoms with Crippen LogP contribution in [0, 0.1) is 0 Å². The minimum absolute atomic E-state index is 0.168. The van der Waals surface area contributed by atoms with Crippen LogP contribution in [-0.4, -0.2) is 40.5 Å². The number of benzene rings is 2. The highest BCUT2D eigenvalue weighted by Gasteiger charge is 2.05. The lowest BCUT2D eigenvalue weighted by atomic mass is 10.1. The molecular formula is C20H26N2O4. The summed E-state index contributed by atoms with van der Waals surface area (Å²) in [5.41, 5.74) is 2.22. The number of ether oxygens (including phenoxy) is 3. The van der Waals surface area contributed by atoms with E-state index >= 15 is 0 Å². The van der Waals surface area contributed by atoms with Crippen molar-refractivity contribution in [3.8, 4) is 17.2 Å². The van der Waals surface area contributed by atoms with Crippen molar-refractivity contribution >= 4 is 6.03 Å². The largest absolute Gasteiger partial charge is 0.497 e. The first-order valence-electron chi connectivity index (χ1n) is 8.51. The van der Waals surface area contributed by atoms with Gasteiger partial charge in [0.15, 0.2) is 11.5 Å². The van der Waals surface area contributed by atoms with Gasteiger partial charge in [-0.3, -0.25) is 0 Å². The van der Waals surface area contributed by atoms with E-state index in [0.29, 0.717) is 31.0 Å². The molecule has 2 aromatic rings. The van der Waals surface area contributed by atoms with E-state index in [4.69, 9.17) is 14.2 Å². The summed E-state index contributed by atoms with van der Waals surface area (Å²) >= 11 is 0. The molecule has 0 aromatic heterocycles. The molecule has 0 spiro atoms. The van der Waals surface area contributed by atoms with Gasteiger partial charge in [0, 0.05) is 13.1 Å². The highest BCUT2D eigenvalue weighted by molar-refractivity contribution is 5.73. The second kappa shape index (κ2) is 10.2. The van der Waals surface area contributed by atoms with Gasteiger partial charge in [-0.1, -0.05) is 18.2 Å². The van der Waals surface area contributed by atoms with Gasteiger partial charge in [-0.05, 0) is 48.2 Å². The molecule has 0 aliphatic carbocycles. The Hall–Kier alpha value is -2.89. The maximum atomic E-state index is 11.9. The summed E-state index contributed by atoms with van der Waals surface area (Å²) in [4.78, 5) is 11.9. The van der Waals surface area contributed by atoms with Crippen LogP contribution in [0.25, 0.3) is 0 Å². The van der Waals surface area contributed by atoms with E-state index in [9.17, 15) is 4.79 Å². The Morgan fingerprint density at radius 3 is 1.92 bits per heavy atom. The van der Waals surface area contributed by atoms with Crippen molar-refractivity contribution < 1.29 is 19.0 Å². The fraction of sp³-hybridized carbons (Fsp3) is 0.350. The summed E-state index contributed by atoms with van der Waals surface area (Å²) in [6.45, 7) is 1.12. The van der Waals surface area contributed by atoms with E-state index in [1.807, 2.05) is 42.5 Å². The molecule has 0 unspecified atom stereocenters. The molecule has 0 heterocycles. The third-order valence-electron chi connectivity index (χ3n) is 4.01. The van der Waals surface area contributed by atoms with Crippen molar-refractivity contribution in [2.75, 3.05) is 34.4 Å². The van der Waals surface area contributed by atoms with Gasteiger partial charge in [0.05, 0.1) is 21.3 Å². The number of nitrogens with one attached hydrogen (secondary N) is 2. The number of hydrogen-bond donors (Lipinski definition) is 2. The summed E-state index contributed by atoms with van der Waals surface area (Å²) in [5, 5.41) is 5.72. The molecule has 0 atom stereocenters. The standard InChI is InChI=1S/C20H26N2O4/c1-24-17-7-4-15(5-8-17)10-12-21-20(23)22-13-11-16-6-9-18(25-2)19(14-16)26-3/h4-9,14H,10-13H2,1-3H3,(H2,21,22,23). The quantitative estimate of drug-likeness (QED) is 0.723. The van der Waals surface area contributed by atoms with Crippen LogP contribution in [0.5, 0.6) is 17.2 Å². The van der Waals surface area contributed by atoms with Crippen LogP contribution in [0.4, 0.5) is 4.79 Å². The van der Waals surface area contributed by atoms with Crippen molar-refractivity contribution in [2.45, 2.75) is 12.8 Å². The zero-order valence-corrected chi connectivity index (χ0v) is 15.5. The van der Waals surface area contributed by atoms with Gasteiger partial charge >= 0.3 is 6.03 Å². The minimum atomic E-state index is -0.168.